The second-order valence-corrected chi connectivity index (χ2v) is 4.65. The van der Waals surface area contributed by atoms with E-state index < -0.39 is 0 Å². The number of hydrogen-bond donors (Lipinski definition) is 1. The number of methoxy groups -OCH3 is 1. The van der Waals surface area contributed by atoms with Crippen molar-refractivity contribution in [3.63, 3.8) is 0 Å². The highest BCUT2D eigenvalue weighted by molar-refractivity contribution is 4.83. The van der Waals surface area contributed by atoms with Gasteiger partial charge in [0.1, 0.15) is 0 Å². The van der Waals surface area contributed by atoms with Crippen LogP contribution in [0.3, 0.4) is 0 Å². The third kappa shape index (κ3) is 3.44. The molecule has 0 aromatic heterocycles. The molecular weight excluding hydrogens is 188 g/mol. The number of nitrogens with zero attached hydrogens (tertiary/aromatic N) is 1. The molecule has 3 nitrogen and oxygen atoms in total. The molecule has 0 radical (unpaired) electrons. The van der Waals surface area contributed by atoms with Gasteiger partial charge in [0.15, 0.2) is 0 Å². The first-order valence-corrected chi connectivity index (χ1v) is 6.14. The van der Waals surface area contributed by atoms with Gasteiger partial charge < -0.3 is 10.1 Å². The smallest absolute Gasteiger partial charge is 0.0724 e. The van der Waals surface area contributed by atoms with E-state index in [0.717, 1.165) is 13.1 Å². The van der Waals surface area contributed by atoms with Crippen molar-refractivity contribution in [1.82, 2.24) is 10.2 Å². The van der Waals surface area contributed by atoms with Gasteiger partial charge >= 0.3 is 0 Å². The van der Waals surface area contributed by atoms with Crippen molar-refractivity contribution in [3.8, 4) is 0 Å². The summed E-state index contributed by atoms with van der Waals surface area (Å²) in [6, 6.07) is 0.667. The van der Waals surface area contributed by atoms with E-state index in [4.69, 9.17) is 4.74 Å². The molecule has 0 aromatic carbocycles. The second kappa shape index (κ2) is 6.46. The van der Waals surface area contributed by atoms with E-state index in [1.807, 2.05) is 14.2 Å². The van der Waals surface area contributed by atoms with E-state index in [0.29, 0.717) is 18.1 Å². The summed E-state index contributed by atoms with van der Waals surface area (Å²) in [4.78, 5) is 2.57. The molecule has 3 atom stereocenters. The van der Waals surface area contributed by atoms with Gasteiger partial charge in [0, 0.05) is 26.2 Å². The molecule has 1 N–H and O–H groups in total. The Hall–Kier alpha value is -0.120. The van der Waals surface area contributed by atoms with Crippen LogP contribution in [0.2, 0.25) is 0 Å². The Labute approximate surface area is 94.2 Å². The van der Waals surface area contributed by atoms with Crippen LogP contribution < -0.4 is 5.32 Å². The third-order valence-corrected chi connectivity index (χ3v) is 3.65. The molecule has 0 bridgehead atoms. The lowest BCUT2D eigenvalue weighted by Crippen LogP contribution is -2.50. The molecule has 1 rings (SSSR count). The quantitative estimate of drug-likeness (QED) is 0.747. The topological polar surface area (TPSA) is 24.5 Å². The van der Waals surface area contributed by atoms with Gasteiger partial charge in [-0.2, -0.15) is 0 Å². The first-order chi connectivity index (χ1) is 7.22. The number of ether oxygens (including phenoxy) is 1. The van der Waals surface area contributed by atoms with E-state index in [9.17, 15) is 0 Å². The standard InChI is InChI=1S/C12H26N2O/c1-5-11(8-13-3)14-7-6-10(2)12(9-14)15-4/h10-13H,5-9H2,1-4H3. The molecule has 0 spiro atoms. The molecule has 0 amide bonds. The maximum atomic E-state index is 5.54. The van der Waals surface area contributed by atoms with Crippen molar-refractivity contribution in [2.75, 3.05) is 33.8 Å². The fourth-order valence-electron chi connectivity index (χ4n) is 2.46. The maximum Gasteiger partial charge on any atom is 0.0724 e. The lowest BCUT2D eigenvalue weighted by Gasteiger charge is -2.40. The highest BCUT2D eigenvalue weighted by Gasteiger charge is 2.29. The number of piperidine rings is 1. The fraction of sp³-hybridized carbons (Fsp3) is 1.00. The van der Waals surface area contributed by atoms with Crippen molar-refractivity contribution in [1.29, 1.82) is 0 Å². The molecule has 3 heteroatoms. The van der Waals surface area contributed by atoms with E-state index in [2.05, 4.69) is 24.1 Å². The predicted molar refractivity (Wildman–Crippen MR) is 64.2 cm³/mol. The molecule has 15 heavy (non-hydrogen) atoms. The molecule has 90 valence electrons. The lowest BCUT2D eigenvalue weighted by molar-refractivity contribution is -0.0191. The molecular formula is C12H26N2O. The minimum atomic E-state index is 0.421. The predicted octanol–water partition coefficient (Wildman–Crippen LogP) is 1.34. The molecule has 1 fully saturated rings. The summed E-state index contributed by atoms with van der Waals surface area (Å²) >= 11 is 0. The Morgan fingerprint density at radius 2 is 2.27 bits per heavy atom. The van der Waals surface area contributed by atoms with Gasteiger partial charge in [0.25, 0.3) is 0 Å². The van der Waals surface area contributed by atoms with Gasteiger partial charge in [0.05, 0.1) is 6.10 Å². The van der Waals surface area contributed by atoms with Crippen LogP contribution >= 0.6 is 0 Å². The SMILES string of the molecule is CCC(CNC)N1CCC(C)C(OC)C1. The minimum absolute atomic E-state index is 0.421. The van der Waals surface area contributed by atoms with Gasteiger partial charge in [-0.3, -0.25) is 4.90 Å². The summed E-state index contributed by atoms with van der Waals surface area (Å²) in [5, 5.41) is 3.28. The van der Waals surface area contributed by atoms with Gasteiger partial charge in [-0.05, 0) is 32.4 Å². The first kappa shape index (κ1) is 12.9. The summed E-state index contributed by atoms with van der Waals surface area (Å²) < 4.78 is 5.54. The number of hydrogen-bond acceptors (Lipinski definition) is 3. The van der Waals surface area contributed by atoms with Gasteiger partial charge in [-0.15, -0.1) is 0 Å². The molecule has 1 heterocycles. The molecule has 0 aromatic rings. The van der Waals surface area contributed by atoms with Gasteiger partial charge in [0.2, 0.25) is 0 Å². The Balaban J connectivity index is 2.48. The summed E-state index contributed by atoms with van der Waals surface area (Å²) in [6.07, 6.45) is 2.90. The van der Waals surface area contributed by atoms with E-state index in [1.165, 1.54) is 19.4 Å². The third-order valence-electron chi connectivity index (χ3n) is 3.65. The molecule has 0 aliphatic carbocycles. The number of rotatable bonds is 5. The van der Waals surface area contributed by atoms with Crippen LogP contribution in [-0.4, -0.2) is 50.8 Å². The van der Waals surface area contributed by atoms with Crippen molar-refractivity contribution in [3.05, 3.63) is 0 Å². The van der Waals surface area contributed by atoms with E-state index in [-0.39, 0.29) is 0 Å². The van der Waals surface area contributed by atoms with Crippen LogP contribution in [0.4, 0.5) is 0 Å². The van der Waals surface area contributed by atoms with E-state index in [1.54, 1.807) is 0 Å². The molecule has 1 aliphatic heterocycles. The molecule has 0 saturated carbocycles. The summed E-state index contributed by atoms with van der Waals surface area (Å²) in [5.74, 6) is 0.707. The van der Waals surface area contributed by atoms with Gasteiger partial charge in [-0.25, -0.2) is 0 Å². The first-order valence-electron chi connectivity index (χ1n) is 6.14. The summed E-state index contributed by atoms with van der Waals surface area (Å²) in [6.45, 7) is 7.97. The zero-order valence-corrected chi connectivity index (χ0v) is 10.6. The Kier molecular flexibility index (Phi) is 5.58. The Bertz CT molecular complexity index is 175. The number of likely N-dealkylation sites (tertiary alicyclic amines) is 1. The largest absolute Gasteiger partial charge is 0.380 e. The van der Waals surface area contributed by atoms with Crippen LogP contribution in [0, 0.1) is 5.92 Å². The van der Waals surface area contributed by atoms with Crippen LogP contribution in [0.25, 0.3) is 0 Å². The van der Waals surface area contributed by atoms with Crippen LogP contribution in [0.15, 0.2) is 0 Å². The minimum Gasteiger partial charge on any atom is -0.380 e. The van der Waals surface area contributed by atoms with Crippen molar-refractivity contribution < 1.29 is 4.74 Å². The highest BCUT2D eigenvalue weighted by atomic mass is 16.5. The van der Waals surface area contributed by atoms with Crippen LogP contribution in [0.1, 0.15) is 26.7 Å². The average molecular weight is 214 g/mol. The molecule has 1 saturated heterocycles. The van der Waals surface area contributed by atoms with E-state index >= 15 is 0 Å². The molecule has 3 unspecified atom stereocenters. The maximum absolute atomic E-state index is 5.54. The lowest BCUT2D eigenvalue weighted by atomic mass is 9.94. The van der Waals surface area contributed by atoms with Crippen molar-refractivity contribution in [2.45, 2.75) is 38.8 Å². The number of nitrogens with one attached hydrogen (secondary N) is 1. The van der Waals surface area contributed by atoms with Gasteiger partial charge in [-0.1, -0.05) is 13.8 Å². The van der Waals surface area contributed by atoms with Crippen LogP contribution in [0.5, 0.6) is 0 Å². The normalized spacial score (nSPS) is 30.4. The Morgan fingerprint density at radius 3 is 2.80 bits per heavy atom. The highest BCUT2D eigenvalue weighted by Crippen LogP contribution is 2.21. The number of likely N-dealkylation sites (N-methyl/N-ethyl adjacent to an activating group) is 1. The monoisotopic (exact) mass is 214 g/mol. The Morgan fingerprint density at radius 1 is 1.53 bits per heavy atom. The zero-order chi connectivity index (χ0) is 11.3. The van der Waals surface area contributed by atoms with Crippen LogP contribution in [-0.2, 0) is 4.74 Å². The van der Waals surface area contributed by atoms with Crippen molar-refractivity contribution in [2.24, 2.45) is 5.92 Å². The zero-order valence-electron chi connectivity index (χ0n) is 10.6. The average Bonchev–Trinajstić information content (AvgIpc) is 2.27. The summed E-state index contributed by atoms with van der Waals surface area (Å²) in [7, 11) is 3.87. The summed E-state index contributed by atoms with van der Waals surface area (Å²) in [5.41, 5.74) is 0. The molecule has 1 aliphatic rings. The second-order valence-electron chi connectivity index (χ2n) is 4.65. The fourth-order valence-corrected chi connectivity index (χ4v) is 2.46. The van der Waals surface area contributed by atoms with Crippen molar-refractivity contribution >= 4 is 0 Å².